The van der Waals surface area contributed by atoms with E-state index in [0.29, 0.717) is 0 Å². The molecule has 1 saturated heterocycles. The lowest BCUT2D eigenvalue weighted by molar-refractivity contribution is 0.0383. The molecule has 0 amide bonds. The smallest absolute Gasteiger partial charge is 0.134 e. The van der Waals surface area contributed by atoms with Crippen LogP contribution in [0.1, 0.15) is 11.3 Å². The van der Waals surface area contributed by atoms with Gasteiger partial charge in [-0.2, -0.15) is 0 Å². The van der Waals surface area contributed by atoms with Gasteiger partial charge < -0.3 is 14.5 Å². The van der Waals surface area contributed by atoms with Gasteiger partial charge in [0.15, 0.2) is 0 Å². The van der Waals surface area contributed by atoms with E-state index in [1.54, 1.807) is 0 Å². The number of rotatable bonds is 6. The second-order valence-electron chi connectivity index (χ2n) is 5.86. The lowest BCUT2D eigenvalue weighted by Crippen LogP contribution is -2.40. The zero-order valence-corrected chi connectivity index (χ0v) is 15.1. The predicted octanol–water partition coefficient (Wildman–Crippen LogP) is 3.44. The minimum atomic E-state index is 0.764. The van der Waals surface area contributed by atoms with Crippen LogP contribution in [0.25, 0.3) is 11.3 Å². The Morgan fingerprint density at radius 2 is 2.00 bits per heavy atom. The molecule has 4 nitrogen and oxygen atoms in total. The van der Waals surface area contributed by atoms with Crippen LogP contribution in [0.3, 0.4) is 0 Å². The summed E-state index contributed by atoms with van der Waals surface area (Å²) < 4.78 is 12.4. The number of nitrogens with one attached hydrogen (secondary N) is 1. The molecule has 2 heterocycles. The summed E-state index contributed by atoms with van der Waals surface area (Å²) >= 11 is 3.50. The van der Waals surface area contributed by atoms with Crippen LogP contribution in [-0.4, -0.2) is 44.3 Å². The van der Waals surface area contributed by atoms with Crippen molar-refractivity contribution in [2.45, 2.75) is 13.5 Å². The highest BCUT2D eigenvalue weighted by Crippen LogP contribution is 2.27. The third-order valence-corrected chi connectivity index (χ3v) is 4.62. The van der Waals surface area contributed by atoms with Crippen LogP contribution in [0, 0.1) is 6.92 Å². The molecule has 23 heavy (non-hydrogen) atoms. The average molecular weight is 379 g/mol. The standard InChI is InChI=1S/C18H23BrN2O2/c1-14-12-15(19)2-4-17(14)18-5-3-16(23-18)13-20-6-7-21-8-10-22-11-9-21/h2-5,12,20H,6-11,13H2,1H3. The summed E-state index contributed by atoms with van der Waals surface area (Å²) in [6, 6.07) is 10.4. The molecule has 0 aliphatic carbocycles. The second-order valence-corrected chi connectivity index (χ2v) is 6.77. The lowest BCUT2D eigenvalue weighted by atomic mass is 10.1. The number of halogens is 1. The molecule has 1 N–H and O–H groups in total. The Labute approximate surface area is 145 Å². The van der Waals surface area contributed by atoms with Crippen molar-refractivity contribution in [3.63, 3.8) is 0 Å². The van der Waals surface area contributed by atoms with Crippen molar-refractivity contribution in [3.8, 4) is 11.3 Å². The first-order valence-electron chi connectivity index (χ1n) is 8.08. The van der Waals surface area contributed by atoms with E-state index in [4.69, 9.17) is 9.15 Å². The van der Waals surface area contributed by atoms with Gasteiger partial charge in [-0.25, -0.2) is 0 Å². The van der Waals surface area contributed by atoms with Gasteiger partial charge in [0.05, 0.1) is 19.8 Å². The Balaban J connectivity index is 1.49. The van der Waals surface area contributed by atoms with Gasteiger partial charge in [0.2, 0.25) is 0 Å². The summed E-state index contributed by atoms with van der Waals surface area (Å²) in [6.45, 7) is 8.67. The summed E-state index contributed by atoms with van der Waals surface area (Å²) in [5.41, 5.74) is 2.35. The minimum Gasteiger partial charge on any atom is -0.460 e. The first-order chi connectivity index (χ1) is 11.2. The van der Waals surface area contributed by atoms with Gasteiger partial charge in [-0.1, -0.05) is 15.9 Å². The van der Waals surface area contributed by atoms with Crippen LogP contribution in [0.4, 0.5) is 0 Å². The van der Waals surface area contributed by atoms with Gasteiger partial charge >= 0.3 is 0 Å². The number of aryl methyl sites for hydroxylation is 1. The molecule has 1 fully saturated rings. The van der Waals surface area contributed by atoms with E-state index in [2.05, 4.69) is 57.3 Å². The van der Waals surface area contributed by atoms with E-state index < -0.39 is 0 Å². The summed E-state index contributed by atoms with van der Waals surface area (Å²) in [5.74, 6) is 1.91. The van der Waals surface area contributed by atoms with Crippen LogP contribution in [0.2, 0.25) is 0 Å². The molecule has 1 aliphatic rings. The molecule has 5 heteroatoms. The van der Waals surface area contributed by atoms with E-state index in [9.17, 15) is 0 Å². The maximum atomic E-state index is 5.97. The van der Waals surface area contributed by atoms with Crippen molar-refractivity contribution >= 4 is 15.9 Å². The van der Waals surface area contributed by atoms with Gasteiger partial charge in [-0.05, 0) is 42.8 Å². The van der Waals surface area contributed by atoms with E-state index in [0.717, 1.165) is 67.5 Å². The number of nitrogens with zero attached hydrogens (tertiary/aromatic N) is 1. The number of morpholine rings is 1. The van der Waals surface area contributed by atoms with E-state index >= 15 is 0 Å². The number of furan rings is 1. The van der Waals surface area contributed by atoms with Crippen molar-refractivity contribution in [1.29, 1.82) is 0 Å². The normalized spacial score (nSPS) is 15.9. The van der Waals surface area contributed by atoms with Gasteiger partial charge in [-0.3, -0.25) is 4.90 Å². The number of hydrogen-bond donors (Lipinski definition) is 1. The van der Waals surface area contributed by atoms with Crippen molar-refractivity contribution in [2.75, 3.05) is 39.4 Å². The molecule has 2 aromatic rings. The molecule has 0 bridgehead atoms. The molecule has 0 saturated carbocycles. The fourth-order valence-electron chi connectivity index (χ4n) is 2.79. The Kier molecular flexibility index (Phi) is 5.89. The van der Waals surface area contributed by atoms with Gasteiger partial charge in [0.25, 0.3) is 0 Å². The SMILES string of the molecule is Cc1cc(Br)ccc1-c1ccc(CNCCN2CCOCC2)o1. The summed E-state index contributed by atoms with van der Waals surface area (Å²) in [6.07, 6.45) is 0. The lowest BCUT2D eigenvalue weighted by Gasteiger charge is -2.26. The first kappa shape index (κ1) is 16.7. The van der Waals surface area contributed by atoms with E-state index in [1.807, 2.05) is 6.07 Å². The van der Waals surface area contributed by atoms with Gasteiger partial charge in [0.1, 0.15) is 11.5 Å². The predicted molar refractivity (Wildman–Crippen MR) is 95.5 cm³/mol. The average Bonchev–Trinajstić information content (AvgIpc) is 3.01. The van der Waals surface area contributed by atoms with Crippen LogP contribution in [-0.2, 0) is 11.3 Å². The fourth-order valence-corrected chi connectivity index (χ4v) is 3.27. The molecule has 3 rings (SSSR count). The van der Waals surface area contributed by atoms with Crippen molar-refractivity contribution < 1.29 is 9.15 Å². The van der Waals surface area contributed by atoms with E-state index in [1.165, 1.54) is 5.56 Å². The number of hydrogen-bond acceptors (Lipinski definition) is 4. The topological polar surface area (TPSA) is 37.6 Å². The highest BCUT2D eigenvalue weighted by molar-refractivity contribution is 9.10. The monoisotopic (exact) mass is 378 g/mol. The number of ether oxygens (including phenoxy) is 1. The Morgan fingerprint density at radius 1 is 1.17 bits per heavy atom. The first-order valence-corrected chi connectivity index (χ1v) is 8.88. The third kappa shape index (κ3) is 4.67. The summed E-state index contributed by atoms with van der Waals surface area (Å²) in [4.78, 5) is 2.43. The Bertz CT molecular complexity index is 636. The fraction of sp³-hybridized carbons (Fsp3) is 0.444. The molecule has 124 valence electrons. The molecule has 1 aliphatic heterocycles. The van der Waals surface area contributed by atoms with Gasteiger partial charge in [0, 0.05) is 36.2 Å². The maximum Gasteiger partial charge on any atom is 0.134 e. The molecule has 0 atom stereocenters. The molecule has 0 spiro atoms. The Morgan fingerprint density at radius 3 is 2.78 bits per heavy atom. The quantitative estimate of drug-likeness (QED) is 0.781. The molecule has 0 unspecified atom stereocenters. The zero-order chi connectivity index (χ0) is 16.1. The zero-order valence-electron chi connectivity index (χ0n) is 13.5. The minimum absolute atomic E-state index is 0.764. The van der Waals surface area contributed by atoms with Crippen molar-refractivity contribution in [2.24, 2.45) is 0 Å². The molecule has 1 aromatic heterocycles. The molecule has 0 radical (unpaired) electrons. The summed E-state index contributed by atoms with van der Waals surface area (Å²) in [7, 11) is 0. The van der Waals surface area contributed by atoms with Crippen LogP contribution in [0.15, 0.2) is 39.2 Å². The third-order valence-electron chi connectivity index (χ3n) is 4.12. The highest BCUT2D eigenvalue weighted by Gasteiger charge is 2.10. The molecule has 1 aromatic carbocycles. The highest BCUT2D eigenvalue weighted by atomic mass is 79.9. The van der Waals surface area contributed by atoms with Crippen molar-refractivity contribution in [1.82, 2.24) is 10.2 Å². The maximum absolute atomic E-state index is 5.97. The van der Waals surface area contributed by atoms with Gasteiger partial charge in [-0.15, -0.1) is 0 Å². The molecular formula is C18H23BrN2O2. The largest absolute Gasteiger partial charge is 0.460 e. The van der Waals surface area contributed by atoms with Crippen molar-refractivity contribution in [3.05, 3.63) is 46.1 Å². The number of benzene rings is 1. The van der Waals surface area contributed by atoms with Crippen LogP contribution >= 0.6 is 15.9 Å². The molecular weight excluding hydrogens is 356 g/mol. The second kappa shape index (κ2) is 8.11. The van der Waals surface area contributed by atoms with Crippen LogP contribution < -0.4 is 5.32 Å². The van der Waals surface area contributed by atoms with Crippen LogP contribution in [0.5, 0.6) is 0 Å². The van der Waals surface area contributed by atoms with E-state index in [-0.39, 0.29) is 0 Å². The Hall–Kier alpha value is -1.14. The summed E-state index contributed by atoms with van der Waals surface area (Å²) in [5, 5.41) is 3.45.